The molecule has 6 heteroatoms. The molecular formula is C18H20FN3OS. The Labute approximate surface area is 145 Å². The van der Waals surface area contributed by atoms with Crippen LogP contribution >= 0.6 is 11.8 Å². The van der Waals surface area contributed by atoms with Crippen LogP contribution in [0.15, 0.2) is 40.4 Å². The number of hydrogen-bond acceptors (Lipinski definition) is 4. The first-order chi connectivity index (χ1) is 11.5. The van der Waals surface area contributed by atoms with Gasteiger partial charge in [-0.2, -0.15) is 0 Å². The van der Waals surface area contributed by atoms with Crippen molar-refractivity contribution in [1.29, 1.82) is 0 Å². The molecule has 1 amide bonds. The van der Waals surface area contributed by atoms with E-state index in [0.717, 1.165) is 24.0 Å². The summed E-state index contributed by atoms with van der Waals surface area (Å²) in [6.07, 6.45) is 0.664. The minimum atomic E-state index is -0.771. The second kappa shape index (κ2) is 5.34. The number of halogens is 1. The van der Waals surface area contributed by atoms with Crippen molar-refractivity contribution in [3.63, 3.8) is 0 Å². The summed E-state index contributed by atoms with van der Waals surface area (Å²) in [6, 6.07) is 6.63. The highest BCUT2D eigenvalue weighted by Crippen LogP contribution is 2.64. The molecular weight excluding hydrogens is 325 g/mol. The van der Waals surface area contributed by atoms with E-state index in [1.54, 1.807) is 30.0 Å². The molecule has 0 spiro atoms. The van der Waals surface area contributed by atoms with Crippen molar-refractivity contribution in [2.45, 2.75) is 25.7 Å². The van der Waals surface area contributed by atoms with Crippen LogP contribution in [0.3, 0.4) is 0 Å². The average Bonchev–Trinajstić information content (AvgIpc) is 2.90. The summed E-state index contributed by atoms with van der Waals surface area (Å²) in [5.74, 6) is -0.393. The maximum atomic E-state index is 14.3. The largest absolute Gasteiger partial charge is 0.350 e. The quantitative estimate of drug-likeness (QED) is 0.913. The smallest absolute Gasteiger partial charge is 0.231 e. The molecule has 0 aromatic heterocycles. The Morgan fingerprint density at radius 1 is 1.42 bits per heavy atom. The monoisotopic (exact) mass is 345 g/mol. The Kier molecular flexibility index (Phi) is 3.49. The number of benzene rings is 1. The lowest BCUT2D eigenvalue weighted by molar-refractivity contribution is -0.124. The molecule has 126 valence electrons. The van der Waals surface area contributed by atoms with E-state index in [1.165, 1.54) is 6.07 Å². The van der Waals surface area contributed by atoms with Gasteiger partial charge in [0.05, 0.1) is 18.5 Å². The number of nitrogens with one attached hydrogen (secondary N) is 1. The highest BCUT2D eigenvalue weighted by atomic mass is 32.2. The molecule has 0 unspecified atom stereocenters. The number of carbonyl (C=O) groups excluding carboxylic acids is 1. The summed E-state index contributed by atoms with van der Waals surface area (Å²) in [5, 5.41) is 6.08. The SMILES string of the molecule is CC1(C)C[C@]1(C(=O)NCC1=CSC2=NCCN12)c1ccccc1F. The van der Waals surface area contributed by atoms with E-state index in [1.807, 2.05) is 19.3 Å². The summed E-state index contributed by atoms with van der Waals surface area (Å²) >= 11 is 1.60. The molecule has 4 nitrogen and oxygen atoms in total. The van der Waals surface area contributed by atoms with Crippen LogP contribution in [0.1, 0.15) is 25.8 Å². The first-order valence-corrected chi connectivity index (χ1v) is 9.05. The number of nitrogens with zero attached hydrogens (tertiary/aromatic N) is 2. The fourth-order valence-electron chi connectivity index (χ4n) is 3.83. The lowest BCUT2D eigenvalue weighted by Crippen LogP contribution is -2.40. The average molecular weight is 345 g/mol. The van der Waals surface area contributed by atoms with Crippen molar-refractivity contribution in [3.05, 3.63) is 46.8 Å². The molecule has 0 radical (unpaired) electrons. The number of amidine groups is 1. The van der Waals surface area contributed by atoms with Gasteiger partial charge in [0.25, 0.3) is 0 Å². The van der Waals surface area contributed by atoms with Crippen LogP contribution in [0.5, 0.6) is 0 Å². The van der Waals surface area contributed by atoms with E-state index in [4.69, 9.17) is 0 Å². The number of carbonyl (C=O) groups is 1. The van der Waals surface area contributed by atoms with E-state index in [2.05, 4.69) is 15.2 Å². The summed E-state index contributed by atoms with van der Waals surface area (Å²) in [6.45, 7) is 6.18. The Morgan fingerprint density at radius 3 is 2.88 bits per heavy atom. The number of fused-ring (bicyclic) bond motifs is 1. The molecule has 1 aliphatic carbocycles. The van der Waals surface area contributed by atoms with Gasteiger partial charge in [-0.05, 0) is 17.9 Å². The Balaban J connectivity index is 1.52. The van der Waals surface area contributed by atoms with Gasteiger partial charge >= 0.3 is 0 Å². The summed E-state index contributed by atoms with van der Waals surface area (Å²) < 4.78 is 14.3. The summed E-state index contributed by atoms with van der Waals surface area (Å²) in [5.41, 5.74) is 0.558. The predicted molar refractivity (Wildman–Crippen MR) is 94.2 cm³/mol. The van der Waals surface area contributed by atoms with Crippen LogP contribution in [-0.4, -0.2) is 35.6 Å². The van der Waals surface area contributed by atoms with Gasteiger partial charge in [-0.3, -0.25) is 9.79 Å². The maximum Gasteiger partial charge on any atom is 0.231 e. The third-order valence-electron chi connectivity index (χ3n) is 5.34. The van der Waals surface area contributed by atoms with Gasteiger partial charge in [-0.25, -0.2) is 4.39 Å². The van der Waals surface area contributed by atoms with E-state index in [-0.39, 0.29) is 17.1 Å². The zero-order chi connectivity index (χ0) is 16.9. The van der Waals surface area contributed by atoms with Crippen molar-refractivity contribution in [3.8, 4) is 0 Å². The van der Waals surface area contributed by atoms with Crippen molar-refractivity contribution < 1.29 is 9.18 Å². The minimum Gasteiger partial charge on any atom is -0.350 e. The van der Waals surface area contributed by atoms with Crippen molar-refractivity contribution in [2.75, 3.05) is 19.6 Å². The number of rotatable bonds is 4. The van der Waals surface area contributed by atoms with Crippen LogP contribution < -0.4 is 5.32 Å². The molecule has 3 aliphatic rings. The second-order valence-corrected chi connectivity index (χ2v) is 8.01. The fourth-order valence-corrected chi connectivity index (χ4v) is 4.79. The van der Waals surface area contributed by atoms with E-state index < -0.39 is 5.41 Å². The zero-order valence-electron chi connectivity index (χ0n) is 13.8. The number of hydrogen-bond donors (Lipinski definition) is 1. The van der Waals surface area contributed by atoms with Crippen LogP contribution in [0.4, 0.5) is 4.39 Å². The van der Waals surface area contributed by atoms with Crippen molar-refractivity contribution >= 4 is 22.8 Å². The van der Waals surface area contributed by atoms with Crippen molar-refractivity contribution in [2.24, 2.45) is 10.4 Å². The molecule has 0 saturated heterocycles. The summed E-state index contributed by atoms with van der Waals surface area (Å²) in [7, 11) is 0. The second-order valence-electron chi connectivity index (χ2n) is 7.17. The minimum absolute atomic E-state index is 0.0897. The standard InChI is InChI=1S/C18H20FN3OS/c1-17(2)11-18(17,13-5-3-4-6-14(13)19)15(23)21-9-12-10-24-16-20-7-8-22(12)16/h3-6,10H,7-9,11H2,1-2H3,(H,21,23)/t18-/m1/s1. The third kappa shape index (κ3) is 2.19. The first-order valence-electron chi connectivity index (χ1n) is 8.17. The molecule has 1 aromatic carbocycles. The predicted octanol–water partition coefficient (Wildman–Crippen LogP) is 2.87. The normalized spacial score (nSPS) is 26.7. The number of aliphatic imine (C=N–C) groups is 1. The number of amides is 1. The van der Waals surface area contributed by atoms with Gasteiger partial charge < -0.3 is 10.2 Å². The van der Waals surface area contributed by atoms with Crippen LogP contribution in [0.25, 0.3) is 0 Å². The Bertz CT molecular complexity index is 773. The maximum absolute atomic E-state index is 14.3. The zero-order valence-corrected chi connectivity index (χ0v) is 14.6. The Hall–Kier alpha value is -1.82. The van der Waals surface area contributed by atoms with Gasteiger partial charge in [0, 0.05) is 23.2 Å². The molecule has 4 rings (SSSR count). The first kappa shape index (κ1) is 15.7. The number of thioether (sulfide) groups is 1. The van der Waals surface area contributed by atoms with Gasteiger partial charge in [-0.15, -0.1) is 0 Å². The molecule has 24 heavy (non-hydrogen) atoms. The van der Waals surface area contributed by atoms with Crippen LogP contribution in [0, 0.1) is 11.2 Å². The summed E-state index contributed by atoms with van der Waals surface area (Å²) in [4.78, 5) is 19.5. The molecule has 1 N–H and O–H groups in total. The van der Waals surface area contributed by atoms with E-state index >= 15 is 0 Å². The van der Waals surface area contributed by atoms with Gasteiger partial charge in [0.2, 0.25) is 5.91 Å². The third-order valence-corrected chi connectivity index (χ3v) is 6.29. The van der Waals surface area contributed by atoms with E-state index in [0.29, 0.717) is 18.5 Å². The molecule has 1 fully saturated rings. The van der Waals surface area contributed by atoms with Crippen molar-refractivity contribution in [1.82, 2.24) is 10.2 Å². The van der Waals surface area contributed by atoms with Crippen LogP contribution in [0.2, 0.25) is 0 Å². The lowest BCUT2D eigenvalue weighted by Gasteiger charge is -2.23. The molecule has 1 aromatic rings. The molecule has 0 bridgehead atoms. The topological polar surface area (TPSA) is 44.7 Å². The molecule has 1 atom stereocenters. The highest BCUT2D eigenvalue weighted by Gasteiger charge is 2.67. The Morgan fingerprint density at radius 2 is 2.17 bits per heavy atom. The molecule has 1 saturated carbocycles. The lowest BCUT2D eigenvalue weighted by atomic mass is 9.86. The highest BCUT2D eigenvalue weighted by molar-refractivity contribution is 8.16. The van der Waals surface area contributed by atoms with Gasteiger partial charge in [0.15, 0.2) is 5.17 Å². The molecule has 2 aliphatic heterocycles. The van der Waals surface area contributed by atoms with Gasteiger partial charge in [0.1, 0.15) is 5.82 Å². The van der Waals surface area contributed by atoms with Gasteiger partial charge in [-0.1, -0.05) is 43.8 Å². The van der Waals surface area contributed by atoms with E-state index in [9.17, 15) is 9.18 Å². The molecule has 2 heterocycles. The van der Waals surface area contributed by atoms with Crippen LogP contribution in [-0.2, 0) is 10.2 Å². The fraction of sp³-hybridized carbons (Fsp3) is 0.444.